The second-order valence-corrected chi connectivity index (χ2v) is 9.61. The van der Waals surface area contributed by atoms with Gasteiger partial charge in [-0.2, -0.15) is 0 Å². The molecule has 1 spiro atoms. The predicted octanol–water partition coefficient (Wildman–Crippen LogP) is 1.67. The van der Waals surface area contributed by atoms with Crippen LogP contribution in [-0.2, 0) is 16.6 Å². The van der Waals surface area contributed by atoms with Crippen LogP contribution in [0.5, 0.6) is 11.5 Å². The summed E-state index contributed by atoms with van der Waals surface area (Å²) in [5.74, 6) is 1.42. The molecule has 2 aliphatic heterocycles. The first-order valence-corrected chi connectivity index (χ1v) is 10.0. The molecule has 2 saturated carbocycles. The maximum Gasteiger partial charge on any atom is 0.174 e. The van der Waals surface area contributed by atoms with Gasteiger partial charge in [0.25, 0.3) is 0 Å². The predicted molar refractivity (Wildman–Crippen MR) is 94.1 cm³/mol. The average Bonchev–Trinajstić information content (AvgIpc) is 3.32. The molecule has 2 N–H and O–H groups in total. The molecule has 2 heterocycles. The van der Waals surface area contributed by atoms with E-state index in [4.69, 9.17) is 4.74 Å². The Kier molecular flexibility index (Phi) is 2.65. The highest BCUT2D eigenvalue weighted by atomic mass is 16.5. The third-order valence-corrected chi connectivity index (χ3v) is 8.28. The fraction of sp³-hybridized carbons (Fsp3) is 0.667. The quantitative estimate of drug-likeness (QED) is 0.791. The van der Waals surface area contributed by atoms with Gasteiger partial charge < -0.3 is 19.4 Å². The molecule has 3 fully saturated rings. The number of likely N-dealkylation sites (tertiary alicyclic amines) is 1. The first-order valence-electron chi connectivity index (χ1n) is 10.0. The molecule has 1 saturated heterocycles. The molecule has 0 radical (unpaired) electrons. The number of Topliss-reactive ketones (excluding diaryl/α,β-unsaturated/α-hetero) is 1. The van der Waals surface area contributed by atoms with Gasteiger partial charge in [-0.15, -0.1) is 0 Å². The summed E-state index contributed by atoms with van der Waals surface area (Å²) >= 11 is 0. The van der Waals surface area contributed by atoms with Gasteiger partial charge in [0.2, 0.25) is 0 Å². The number of carbonyl (C=O) groups excluding carboxylic acids is 1. The zero-order valence-corrected chi connectivity index (χ0v) is 15.2. The summed E-state index contributed by atoms with van der Waals surface area (Å²) in [7, 11) is 2.31. The van der Waals surface area contributed by atoms with Crippen molar-refractivity contribution in [3.05, 3.63) is 23.3 Å². The molecule has 3 unspecified atom stereocenters. The fourth-order valence-electron chi connectivity index (χ4n) is 6.94. The lowest BCUT2D eigenvalue weighted by Gasteiger charge is -2.64. The van der Waals surface area contributed by atoms with Gasteiger partial charge in [0.05, 0.1) is 25.6 Å². The first kappa shape index (κ1) is 15.5. The number of phenolic OH excluding ortho intramolecular Hbond substituents is 1. The van der Waals surface area contributed by atoms with E-state index in [1.807, 2.05) is 6.07 Å². The van der Waals surface area contributed by atoms with Crippen molar-refractivity contribution in [2.45, 2.75) is 61.7 Å². The van der Waals surface area contributed by atoms with Crippen LogP contribution >= 0.6 is 0 Å². The molecule has 0 aromatic heterocycles. The minimum atomic E-state index is -0.931. The number of benzene rings is 1. The van der Waals surface area contributed by atoms with E-state index in [1.54, 1.807) is 6.07 Å². The Morgan fingerprint density at radius 2 is 2.12 bits per heavy atom. The number of carbonyl (C=O) groups is 1. The maximum absolute atomic E-state index is 12.8. The third-order valence-electron chi connectivity index (χ3n) is 8.28. The SMILES string of the molecule is C[N+]1(CC2CC2)CC[C@]23c4c5ccc(O)c4OC2C(=O)CCC3(O)[C@H]1C5. The van der Waals surface area contributed by atoms with Gasteiger partial charge in [-0.25, -0.2) is 0 Å². The number of hydrogen-bond acceptors (Lipinski definition) is 4. The standard InChI is InChI=1S/C21H25NO4/c1-22(11-12-2-3-12)9-8-20-17-13-4-5-14(23)18(17)26-19(20)15(24)6-7-21(20,25)16(22)10-13/h4-5,12,16,19,25H,2-3,6-11H2,1H3/p+1/t16-,19?,20+,21?,22?/m1/s1. The van der Waals surface area contributed by atoms with E-state index in [0.29, 0.717) is 18.6 Å². The van der Waals surface area contributed by atoms with E-state index in [9.17, 15) is 15.0 Å². The Labute approximate surface area is 153 Å². The van der Waals surface area contributed by atoms with Crippen molar-refractivity contribution >= 4 is 5.78 Å². The summed E-state index contributed by atoms with van der Waals surface area (Å²) in [5.41, 5.74) is 0.492. The summed E-state index contributed by atoms with van der Waals surface area (Å²) in [5, 5.41) is 22.5. The van der Waals surface area contributed by atoms with Crippen molar-refractivity contribution in [2.75, 3.05) is 20.1 Å². The van der Waals surface area contributed by atoms with E-state index < -0.39 is 17.1 Å². The van der Waals surface area contributed by atoms with Gasteiger partial charge >= 0.3 is 0 Å². The Morgan fingerprint density at radius 3 is 2.88 bits per heavy atom. The smallest absolute Gasteiger partial charge is 0.174 e. The maximum atomic E-state index is 12.8. The van der Waals surface area contributed by atoms with Crippen LogP contribution in [0.4, 0.5) is 0 Å². The number of hydrogen-bond donors (Lipinski definition) is 2. The topological polar surface area (TPSA) is 66.8 Å². The number of nitrogens with zero attached hydrogens (tertiary/aromatic N) is 1. The van der Waals surface area contributed by atoms with Gasteiger partial charge in [0.15, 0.2) is 23.4 Å². The lowest BCUT2D eigenvalue weighted by Crippen LogP contribution is -2.80. The van der Waals surface area contributed by atoms with Crippen LogP contribution in [0.25, 0.3) is 0 Å². The minimum absolute atomic E-state index is 0.0789. The molecular formula is C21H26NO4+. The summed E-state index contributed by atoms with van der Waals surface area (Å²) in [4.78, 5) is 12.8. The molecule has 5 atom stereocenters. The highest BCUT2D eigenvalue weighted by Gasteiger charge is 2.76. The van der Waals surface area contributed by atoms with E-state index >= 15 is 0 Å². The van der Waals surface area contributed by atoms with Crippen molar-refractivity contribution in [1.29, 1.82) is 0 Å². The summed E-state index contributed by atoms with van der Waals surface area (Å²) < 4.78 is 6.98. The van der Waals surface area contributed by atoms with Crippen LogP contribution < -0.4 is 4.74 Å². The molecule has 1 aromatic carbocycles. The third kappa shape index (κ3) is 1.55. The van der Waals surface area contributed by atoms with Crippen molar-refractivity contribution in [1.82, 2.24) is 0 Å². The average molecular weight is 356 g/mol. The molecule has 3 aliphatic carbocycles. The summed E-state index contributed by atoms with van der Waals surface area (Å²) in [6.45, 7) is 2.09. The lowest BCUT2D eigenvalue weighted by atomic mass is 9.48. The van der Waals surface area contributed by atoms with E-state index in [2.05, 4.69) is 7.05 Å². The number of aromatic hydroxyl groups is 1. The molecular weight excluding hydrogens is 330 g/mol. The second kappa shape index (κ2) is 4.45. The normalized spacial score (nSPS) is 45.2. The number of rotatable bonds is 2. The van der Waals surface area contributed by atoms with Crippen LogP contribution in [0, 0.1) is 5.92 Å². The first-order chi connectivity index (χ1) is 12.4. The largest absolute Gasteiger partial charge is 0.504 e. The number of aliphatic hydroxyl groups is 1. The molecule has 5 heteroatoms. The number of piperidine rings is 1. The van der Waals surface area contributed by atoms with E-state index in [-0.39, 0.29) is 17.6 Å². The van der Waals surface area contributed by atoms with Gasteiger partial charge in [-0.1, -0.05) is 6.07 Å². The zero-order valence-electron chi connectivity index (χ0n) is 15.2. The number of quaternary nitrogens is 1. The minimum Gasteiger partial charge on any atom is -0.504 e. The lowest BCUT2D eigenvalue weighted by molar-refractivity contribution is -0.950. The van der Waals surface area contributed by atoms with Crippen molar-refractivity contribution in [2.24, 2.45) is 5.92 Å². The molecule has 1 aromatic rings. The number of phenols is 1. The number of ketones is 1. The molecule has 5 aliphatic rings. The number of likely N-dealkylation sites (N-methyl/N-ethyl adjacent to an activating group) is 1. The fourth-order valence-corrected chi connectivity index (χ4v) is 6.94. The molecule has 2 bridgehead atoms. The summed E-state index contributed by atoms with van der Waals surface area (Å²) in [6, 6.07) is 3.77. The van der Waals surface area contributed by atoms with Crippen LogP contribution in [0.15, 0.2) is 12.1 Å². The summed E-state index contributed by atoms with van der Waals surface area (Å²) in [6.07, 6.45) is 4.42. The van der Waals surface area contributed by atoms with Gasteiger partial charge in [-0.3, -0.25) is 4.79 Å². The Hall–Kier alpha value is -1.59. The van der Waals surface area contributed by atoms with Crippen LogP contribution in [0.3, 0.4) is 0 Å². The highest BCUT2D eigenvalue weighted by molar-refractivity contribution is 5.90. The second-order valence-electron chi connectivity index (χ2n) is 9.61. The number of ether oxygens (including phenoxy) is 1. The molecule has 138 valence electrons. The van der Waals surface area contributed by atoms with Crippen LogP contribution in [0.1, 0.15) is 43.2 Å². The highest BCUT2D eigenvalue weighted by Crippen LogP contribution is 2.65. The molecule has 6 rings (SSSR count). The molecule has 0 amide bonds. The zero-order chi connectivity index (χ0) is 17.9. The van der Waals surface area contributed by atoms with Crippen LogP contribution in [-0.4, -0.2) is 58.4 Å². The monoisotopic (exact) mass is 356 g/mol. The Morgan fingerprint density at radius 1 is 1.31 bits per heavy atom. The Bertz CT molecular complexity index is 849. The van der Waals surface area contributed by atoms with E-state index in [0.717, 1.165) is 47.5 Å². The molecule has 26 heavy (non-hydrogen) atoms. The Balaban J connectivity index is 1.60. The van der Waals surface area contributed by atoms with E-state index in [1.165, 1.54) is 12.8 Å². The van der Waals surface area contributed by atoms with Crippen molar-refractivity contribution in [3.8, 4) is 11.5 Å². The van der Waals surface area contributed by atoms with Crippen molar-refractivity contribution < 1.29 is 24.2 Å². The van der Waals surface area contributed by atoms with Crippen molar-refractivity contribution in [3.63, 3.8) is 0 Å². The van der Waals surface area contributed by atoms with Gasteiger partial charge in [0.1, 0.15) is 11.6 Å². The van der Waals surface area contributed by atoms with Gasteiger partial charge in [-0.05, 0) is 30.9 Å². The molecule has 5 nitrogen and oxygen atoms in total. The van der Waals surface area contributed by atoms with Gasteiger partial charge in [0, 0.05) is 30.7 Å². The van der Waals surface area contributed by atoms with Crippen LogP contribution in [0.2, 0.25) is 0 Å².